The molecule has 176 valence electrons. The summed E-state index contributed by atoms with van der Waals surface area (Å²) in [6.45, 7) is 10.3. The number of nitrogens with one attached hydrogen (secondary N) is 2. The molecule has 31 heavy (non-hydrogen) atoms. The van der Waals surface area contributed by atoms with E-state index in [9.17, 15) is 14.4 Å². The Morgan fingerprint density at radius 3 is 2.42 bits per heavy atom. The zero-order valence-electron chi connectivity index (χ0n) is 19.8. The van der Waals surface area contributed by atoms with Crippen LogP contribution in [-0.2, 0) is 19.1 Å². The van der Waals surface area contributed by atoms with Crippen molar-refractivity contribution in [1.82, 2.24) is 15.5 Å². The number of rotatable bonds is 8. The number of hydrogen-bond acceptors (Lipinski definition) is 5. The van der Waals surface area contributed by atoms with Crippen molar-refractivity contribution in [2.75, 3.05) is 20.2 Å². The molecule has 1 spiro atoms. The molecule has 3 N–H and O–H groups in total. The van der Waals surface area contributed by atoms with E-state index in [0.717, 1.165) is 25.7 Å². The lowest BCUT2D eigenvalue weighted by molar-refractivity contribution is -0.148. The van der Waals surface area contributed by atoms with E-state index in [1.54, 1.807) is 11.9 Å². The zero-order valence-corrected chi connectivity index (χ0v) is 19.8. The lowest BCUT2D eigenvalue weighted by Gasteiger charge is -2.36. The van der Waals surface area contributed by atoms with Crippen molar-refractivity contribution >= 4 is 17.7 Å². The molecule has 3 fully saturated rings. The highest BCUT2D eigenvalue weighted by molar-refractivity contribution is 5.99. The highest BCUT2D eigenvalue weighted by Gasteiger charge is 2.79. The first kappa shape index (κ1) is 24.0. The average Bonchev–Trinajstić information content (AvgIpc) is 3.17. The van der Waals surface area contributed by atoms with Gasteiger partial charge in [-0.1, -0.05) is 19.8 Å². The summed E-state index contributed by atoms with van der Waals surface area (Å²) in [6, 6.07) is -0.749. The minimum Gasteiger partial charge on any atom is -0.396 e. The van der Waals surface area contributed by atoms with Crippen LogP contribution < -0.4 is 10.6 Å². The summed E-state index contributed by atoms with van der Waals surface area (Å²) in [5.74, 6) is -1.78. The molecule has 3 saturated heterocycles. The van der Waals surface area contributed by atoms with Crippen molar-refractivity contribution in [3.05, 3.63) is 0 Å². The predicted molar refractivity (Wildman–Crippen MR) is 116 cm³/mol. The first-order chi connectivity index (χ1) is 14.4. The molecule has 6 atom stereocenters. The molecular formula is C23H39N3O5. The molecule has 3 rings (SSSR count). The van der Waals surface area contributed by atoms with Gasteiger partial charge < -0.3 is 25.4 Å². The van der Waals surface area contributed by atoms with Crippen LogP contribution in [0.4, 0.5) is 0 Å². The predicted octanol–water partition coefficient (Wildman–Crippen LogP) is 1.21. The van der Waals surface area contributed by atoms with Crippen LogP contribution in [0.2, 0.25) is 0 Å². The summed E-state index contributed by atoms with van der Waals surface area (Å²) in [4.78, 5) is 41.8. The van der Waals surface area contributed by atoms with E-state index in [1.807, 2.05) is 34.6 Å². The fraction of sp³-hybridized carbons (Fsp3) is 0.870. The largest absolute Gasteiger partial charge is 0.396 e. The number of aliphatic hydroxyl groups excluding tert-OH is 1. The lowest BCUT2D eigenvalue weighted by Crippen LogP contribution is -2.58. The Hall–Kier alpha value is -1.67. The first-order valence-corrected chi connectivity index (χ1v) is 11.6. The number of carbonyl (C=O) groups excluding carboxylic acids is 3. The topological polar surface area (TPSA) is 108 Å². The molecular weight excluding hydrogens is 398 g/mol. The number of aliphatic hydroxyl groups is 1. The third-order valence-corrected chi connectivity index (χ3v) is 7.40. The molecule has 3 unspecified atom stereocenters. The van der Waals surface area contributed by atoms with Crippen LogP contribution >= 0.6 is 0 Å². The normalized spacial score (nSPS) is 36.6. The number of ether oxygens (including phenoxy) is 1. The van der Waals surface area contributed by atoms with E-state index in [2.05, 4.69) is 10.6 Å². The Bertz CT molecular complexity index is 735. The molecule has 3 amide bonds. The Kier molecular flexibility index (Phi) is 6.46. The van der Waals surface area contributed by atoms with Gasteiger partial charge in [-0.3, -0.25) is 14.4 Å². The Morgan fingerprint density at radius 2 is 1.84 bits per heavy atom. The van der Waals surface area contributed by atoms with Gasteiger partial charge in [0, 0.05) is 25.7 Å². The van der Waals surface area contributed by atoms with E-state index in [-0.39, 0.29) is 30.2 Å². The van der Waals surface area contributed by atoms with Crippen LogP contribution in [0.5, 0.6) is 0 Å². The zero-order chi connectivity index (χ0) is 23.2. The second-order valence-electron chi connectivity index (χ2n) is 10.7. The summed E-state index contributed by atoms with van der Waals surface area (Å²) in [5.41, 5.74) is -2.20. The van der Waals surface area contributed by atoms with E-state index >= 15 is 0 Å². The Labute approximate surface area is 185 Å². The molecule has 8 nitrogen and oxygen atoms in total. The van der Waals surface area contributed by atoms with E-state index in [1.165, 1.54) is 0 Å². The Balaban J connectivity index is 1.96. The maximum absolute atomic E-state index is 13.7. The van der Waals surface area contributed by atoms with Crippen molar-refractivity contribution < 1.29 is 24.2 Å². The number of likely N-dealkylation sites (tertiary alicyclic amines) is 1. The molecule has 0 aliphatic carbocycles. The van der Waals surface area contributed by atoms with Crippen molar-refractivity contribution in [3.8, 4) is 0 Å². The summed E-state index contributed by atoms with van der Waals surface area (Å²) in [5, 5.41) is 14.8. The van der Waals surface area contributed by atoms with Crippen molar-refractivity contribution in [3.63, 3.8) is 0 Å². The van der Waals surface area contributed by atoms with Gasteiger partial charge in [0.2, 0.25) is 17.7 Å². The van der Waals surface area contributed by atoms with Gasteiger partial charge in [0.15, 0.2) is 0 Å². The number of fused-ring (bicyclic) bond motifs is 1. The molecule has 0 saturated carbocycles. The number of carbonyl (C=O) groups is 3. The molecule has 3 aliphatic rings. The second-order valence-corrected chi connectivity index (χ2v) is 10.7. The van der Waals surface area contributed by atoms with Gasteiger partial charge in [0.25, 0.3) is 0 Å². The van der Waals surface area contributed by atoms with Gasteiger partial charge in [-0.15, -0.1) is 0 Å². The third kappa shape index (κ3) is 3.86. The third-order valence-electron chi connectivity index (χ3n) is 7.40. The number of amides is 3. The van der Waals surface area contributed by atoms with Gasteiger partial charge in [-0.25, -0.2) is 0 Å². The van der Waals surface area contributed by atoms with Crippen LogP contribution in [0.1, 0.15) is 66.7 Å². The summed E-state index contributed by atoms with van der Waals surface area (Å²) in [7, 11) is 1.58. The number of nitrogens with zero attached hydrogens (tertiary/aromatic N) is 1. The van der Waals surface area contributed by atoms with Crippen LogP contribution in [0.15, 0.2) is 0 Å². The highest BCUT2D eigenvalue weighted by atomic mass is 16.5. The number of hydrogen-bond donors (Lipinski definition) is 3. The standard InChI is InChI=1S/C23H39N3O5/c1-14-13-23-16(15(18(28)24-6)22(14,5)31-23)20(30)26(11-9-7-8-10-12-27)17(23)19(29)25-21(2,3)4/h14-17,27H,7-13H2,1-6H3,(H,24,28)(H,25,29)/t14?,15-,16-,17?,22+,23?/m0/s1. The van der Waals surface area contributed by atoms with Crippen LogP contribution in [0, 0.1) is 17.8 Å². The molecule has 0 aromatic rings. The minimum absolute atomic E-state index is 0.0493. The number of unbranched alkanes of at least 4 members (excludes halogenated alkanes) is 3. The quantitative estimate of drug-likeness (QED) is 0.495. The molecule has 2 bridgehead atoms. The van der Waals surface area contributed by atoms with E-state index in [0.29, 0.717) is 13.0 Å². The fourth-order valence-electron chi connectivity index (χ4n) is 6.02. The van der Waals surface area contributed by atoms with Crippen LogP contribution in [-0.4, -0.2) is 70.7 Å². The average molecular weight is 438 g/mol. The van der Waals surface area contributed by atoms with Crippen LogP contribution in [0.3, 0.4) is 0 Å². The van der Waals surface area contributed by atoms with Gasteiger partial charge in [0.1, 0.15) is 11.6 Å². The molecule has 8 heteroatoms. The summed E-state index contributed by atoms with van der Waals surface area (Å²) >= 11 is 0. The molecule has 0 aromatic carbocycles. The van der Waals surface area contributed by atoms with Crippen molar-refractivity contribution in [2.45, 2.75) is 89.5 Å². The van der Waals surface area contributed by atoms with Crippen LogP contribution in [0.25, 0.3) is 0 Å². The van der Waals surface area contributed by atoms with Gasteiger partial charge in [-0.05, 0) is 52.9 Å². The summed E-state index contributed by atoms with van der Waals surface area (Å²) in [6.07, 6.45) is 3.79. The highest BCUT2D eigenvalue weighted by Crippen LogP contribution is 2.65. The van der Waals surface area contributed by atoms with Crippen molar-refractivity contribution in [2.24, 2.45) is 17.8 Å². The second kappa shape index (κ2) is 8.35. The monoisotopic (exact) mass is 437 g/mol. The Morgan fingerprint density at radius 1 is 1.19 bits per heavy atom. The maximum Gasteiger partial charge on any atom is 0.246 e. The molecule has 3 heterocycles. The van der Waals surface area contributed by atoms with Gasteiger partial charge in [-0.2, -0.15) is 0 Å². The maximum atomic E-state index is 13.7. The molecule has 0 radical (unpaired) electrons. The first-order valence-electron chi connectivity index (χ1n) is 11.6. The van der Waals surface area contributed by atoms with Gasteiger partial charge >= 0.3 is 0 Å². The van der Waals surface area contributed by atoms with E-state index in [4.69, 9.17) is 9.84 Å². The van der Waals surface area contributed by atoms with E-state index < -0.39 is 34.6 Å². The molecule has 0 aromatic heterocycles. The van der Waals surface area contributed by atoms with Crippen molar-refractivity contribution in [1.29, 1.82) is 0 Å². The lowest BCUT2D eigenvalue weighted by atomic mass is 9.62. The summed E-state index contributed by atoms with van der Waals surface area (Å²) < 4.78 is 6.60. The SMILES string of the molecule is CNC(=O)[C@@H]1[C@H]2C(=O)N(CCCCCCO)C(C(=O)NC(C)(C)C)C23CC(C)[C@@]1(C)O3. The minimum atomic E-state index is -0.983. The fourth-order valence-corrected chi connectivity index (χ4v) is 6.02. The molecule has 3 aliphatic heterocycles. The smallest absolute Gasteiger partial charge is 0.246 e. The van der Waals surface area contributed by atoms with Gasteiger partial charge in [0.05, 0.1) is 17.4 Å².